The molecule has 110 valence electrons. The molecule has 0 aliphatic heterocycles. The maximum Gasteiger partial charge on any atom is 0.270 e. The molecule has 1 N–H and O–H groups in total. The molecule has 1 atom stereocenters. The molecule has 1 amide bonds. The molecule has 0 radical (unpaired) electrons. The summed E-state index contributed by atoms with van der Waals surface area (Å²) in [5.74, 6) is -0.164. The number of carbonyl (C=O) groups excluding carboxylic acids is 1. The van der Waals surface area contributed by atoms with Crippen LogP contribution in [0.15, 0.2) is 73.2 Å². The number of hydrogen-bond donors (Lipinski definition) is 1. The SMILES string of the molecule is C[C@H](NC(=O)c1ccccn1)c1ccc(-n2cccc2)cc1. The van der Waals surface area contributed by atoms with Crippen LogP contribution < -0.4 is 5.32 Å². The Labute approximate surface area is 129 Å². The van der Waals surface area contributed by atoms with Gasteiger partial charge in [0.2, 0.25) is 0 Å². The minimum absolute atomic E-state index is 0.0757. The summed E-state index contributed by atoms with van der Waals surface area (Å²) in [5, 5.41) is 2.96. The third kappa shape index (κ3) is 3.06. The van der Waals surface area contributed by atoms with Crippen molar-refractivity contribution in [3.05, 3.63) is 84.4 Å². The number of benzene rings is 1. The largest absolute Gasteiger partial charge is 0.344 e. The van der Waals surface area contributed by atoms with Crippen LogP contribution in [0.5, 0.6) is 0 Å². The Kier molecular flexibility index (Phi) is 4.01. The van der Waals surface area contributed by atoms with E-state index in [0.29, 0.717) is 5.69 Å². The fourth-order valence-electron chi connectivity index (χ4n) is 2.29. The summed E-state index contributed by atoms with van der Waals surface area (Å²) in [5.41, 5.74) is 2.58. The van der Waals surface area contributed by atoms with Crippen molar-refractivity contribution in [2.45, 2.75) is 13.0 Å². The van der Waals surface area contributed by atoms with Crippen molar-refractivity contribution in [2.24, 2.45) is 0 Å². The van der Waals surface area contributed by atoms with E-state index in [2.05, 4.69) is 10.3 Å². The van der Waals surface area contributed by atoms with Gasteiger partial charge >= 0.3 is 0 Å². The first kappa shape index (κ1) is 14.1. The quantitative estimate of drug-likeness (QED) is 0.801. The van der Waals surface area contributed by atoms with Crippen LogP contribution in [0.2, 0.25) is 0 Å². The number of rotatable bonds is 4. The summed E-state index contributed by atoms with van der Waals surface area (Å²) < 4.78 is 2.04. The van der Waals surface area contributed by atoms with Crippen molar-refractivity contribution < 1.29 is 4.79 Å². The van der Waals surface area contributed by atoms with Crippen LogP contribution >= 0.6 is 0 Å². The zero-order valence-corrected chi connectivity index (χ0v) is 12.3. The Morgan fingerprint density at radius 2 is 1.77 bits per heavy atom. The molecule has 2 heterocycles. The highest BCUT2D eigenvalue weighted by atomic mass is 16.1. The van der Waals surface area contributed by atoms with Gasteiger partial charge in [-0.3, -0.25) is 9.78 Å². The van der Waals surface area contributed by atoms with E-state index in [4.69, 9.17) is 0 Å². The van der Waals surface area contributed by atoms with Crippen molar-refractivity contribution in [1.29, 1.82) is 0 Å². The number of carbonyl (C=O) groups is 1. The van der Waals surface area contributed by atoms with Gasteiger partial charge in [0.25, 0.3) is 5.91 Å². The second-order valence-corrected chi connectivity index (χ2v) is 5.09. The average molecular weight is 291 g/mol. The highest BCUT2D eigenvalue weighted by Crippen LogP contribution is 2.16. The van der Waals surface area contributed by atoms with Gasteiger partial charge < -0.3 is 9.88 Å². The molecule has 0 saturated heterocycles. The maximum atomic E-state index is 12.1. The molecular formula is C18H17N3O. The van der Waals surface area contributed by atoms with Gasteiger partial charge in [0.1, 0.15) is 5.69 Å². The van der Waals surface area contributed by atoms with Gasteiger partial charge in [-0.25, -0.2) is 0 Å². The van der Waals surface area contributed by atoms with Gasteiger partial charge in [-0.1, -0.05) is 18.2 Å². The highest BCUT2D eigenvalue weighted by molar-refractivity contribution is 5.92. The lowest BCUT2D eigenvalue weighted by atomic mass is 10.1. The van der Waals surface area contributed by atoms with Crippen LogP contribution in [-0.2, 0) is 0 Å². The number of nitrogens with zero attached hydrogens (tertiary/aromatic N) is 2. The Morgan fingerprint density at radius 3 is 2.41 bits per heavy atom. The van der Waals surface area contributed by atoms with Gasteiger partial charge in [-0.2, -0.15) is 0 Å². The summed E-state index contributed by atoms with van der Waals surface area (Å²) in [6.07, 6.45) is 5.62. The van der Waals surface area contributed by atoms with E-state index in [0.717, 1.165) is 11.3 Å². The second-order valence-electron chi connectivity index (χ2n) is 5.09. The van der Waals surface area contributed by atoms with Crippen LogP contribution in [0.3, 0.4) is 0 Å². The molecule has 0 saturated carbocycles. The molecular weight excluding hydrogens is 274 g/mol. The normalized spacial score (nSPS) is 11.9. The Balaban J connectivity index is 1.70. The van der Waals surface area contributed by atoms with E-state index >= 15 is 0 Å². The molecule has 0 aliphatic carbocycles. The van der Waals surface area contributed by atoms with Gasteiger partial charge in [0.05, 0.1) is 6.04 Å². The van der Waals surface area contributed by atoms with Gasteiger partial charge in [-0.05, 0) is 48.9 Å². The fourth-order valence-corrected chi connectivity index (χ4v) is 2.29. The molecule has 0 spiro atoms. The second kappa shape index (κ2) is 6.26. The first-order valence-corrected chi connectivity index (χ1v) is 7.19. The van der Waals surface area contributed by atoms with E-state index in [-0.39, 0.29) is 11.9 Å². The summed E-state index contributed by atoms with van der Waals surface area (Å²) in [6.45, 7) is 1.96. The minimum atomic E-state index is -0.164. The van der Waals surface area contributed by atoms with Crippen molar-refractivity contribution in [3.63, 3.8) is 0 Å². The van der Waals surface area contributed by atoms with Crippen LogP contribution in [0, 0.1) is 0 Å². The van der Waals surface area contributed by atoms with Crippen molar-refractivity contribution in [1.82, 2.24) is 14.9 Å². The monoisotopic (exact) mass is 291 g/mol. The Hall–Kier alpha value is -2.88. The van der Waals surface area contributed by atoms with E-state index in [1.807, 2.05) is 60.3 Å². The molecule has 0 fully saturated rings. The van der Waals surface area contributed by atoms with Crippen LogP contribution in [-0.4, -0.2) is 15.5 Å². The zero-order chi connectivity index (χ0) is 15.4. The molecule has 0 bridgehead atoms. The molecule has 3 aromatic rings. The van der Waals surface area contributed by atoms with Crippen molar-refractivity contribution in [3.8, 4) is 5.69 Å². The predicted octanol–water partition coefficient (Wildman–Crippen LogP) is 3.36. The van der Waals surface area contributed by atoms with Gasteiger partial charge in [-0.15, -0.1) is 0 Å². The molecule has 4 heteroatoms. The van der Waals surface area contributed by atoms with Gasteiger partial charge in [0.15, 0.2) is 0 Å². The number of amides is 1. The lowest BCUT2D eigenvalue weighted by Crippen LogP contribution is -2.27. The van der Waals surface area contributed by atoms with Crippen LogP contribution in [0.25, 0.3) is 5.69 Å². The average Bonchev–Trinajstić information content (AvgIpc) is 3.10. The molecule has 0 aliphatic rings. The summed E-state index contributed by atoms with van der Waals surface area (Å²) >= 11 is 0. The predicted molar refractivity (Wildman–Crippen MR) is 85.9 cm³/mol. The summed E-state index contributed by atoms with van der Waals surface area (Å²) in [7, 11) is 0. The minimum Gasteiger partial charge on any atom is -0.344 e. The molecule has 3 rings (SSSR count). The van der Waals surface area contributed by atoms with Crippen molar-refractivity contribution >= 4 is 5.91 Å². The number of pyridine rings is 1. The van der Waals surface area contributed by atoms with E-state index in [1.54, 1.807) is 24.4 Å². The van der Waals surface area contributed by atoms with E-state index in [9.17, 15) is 4.79 Å². The first-order chi connectivity index (χ1) is 10.7. The molecule has 0 unspecified atom stereocenters. The maximum absolute atomic E-state index is 12.1. The van der Waals surface area contributed by atoms with E-state index < -0.39 is 0 Å². The standard InChI is InChI=1S/C18H17N3O/c1-14(20-18(22)17-6-2-3-11-19-17)15-7-9-16(10-8-15)21-12-4-5-13-21/h2-14H,1H3,(H,20,22)/t14-/m0/s1. The van der Waals surface area contributed by atoms with Crippen LogP contribution in [0.4, 0.5) is 0 Å². The number of hydrogen-bond acceptors (Lipinski definition) is 2. The Bertz CT molecular complexity index is 734. The summed E-state index contributed by atoms with van der Waals surface area (Å²) in [6, 6.07) is 17.3. The zero-order valence-electron chi connectivity index (χ0n) is 12.3. The number of aromatic nitrogens is 2. The number of nitrogens with one attached hydrogen (secondary N) is 1. The van der Waals surface area contributed by atoms with Crippen molar-refractivity contribution in [2.75, 3.05) is 0 Å². The molecule has 1 aromatic carbocycles. The smallest absolute Gasteiger partial charge is 0.270 e. The molecule has 2 aromatic heterocycles. The topological polar surface area (TPSA) is 46.9 Å². The Morgan fingerprint density at radius 1 is 1.05 bits per heavy atom. The fraction of sp³-hybridized carbons (Fsp3) is 0.111. The third-order valence-electron chi connectivity index (χ3n) is 3.54. The third-order valence-corrected chi connectivity index (χ3v) is 3.54. The lowest BCUT2D eigenvalue weighted by Gasteiger charge is -2.14. The molecule has 4 nitrogen and oxygen atoms in total. The lowest BCUT2D eigenvalue weighted by molar-refractivity contribution is 0.0935. The first-order valence-electron chi connectivity index (χ1n) is 7.19. The van der Waals surface area contributed by atoms with Crippen LogP contribution in [0.1, 0.15) is 29.0 Å². The highest BCUT2D eigenvalue weighted by Gasteiger charge is 2.12. The molecule has 22 heavy (non-hydrogen) atoms. The van der Waals surface area contributed by atoms with E-state index in [1.165, 1.54) is 0 Å². The van der Waals surface area contributed by atoms with Gasteiger partial charge in [0, 0.05) is 24.3 Å². The summed E-state index contributed by atoms with van der Waals surface area (Å²) in [4.78, 5) is 16.2.